The van der Waals surface area contributed by atoms with Crippen LogP contribution < -0.4 is 11.3 Å². The fraction of sp³-hybridized carbons (Fsp3) is 0.742. The number of nitriles is 1. The van der Waals surface area contributed by atoms with Gasteiger partial charge >= 0.3 is 0 Å². The van der Waals surface area contributed by atoms with Gasteiger partial charge in [-0.1, -0.05) is 60.1 Å². The first kappa shape index (κ1) is 26.4. The van der Waals surface area contributed by atoms with Crippen LogP contribution in [0, 0.1) is 61.6 Å². The maximum Gasteiger partial charge on any atom is 0.239 e. The van der Waals surface area contributed by atoms with Gasteiger partial charge in [0.05, 0.1) is 5.57 Å². The summed E-state index contributed by atoms with van der Waals surface area (Å²) in [7, 11) is 0. The highest BCUT2D eigenvalue weighted by Crippen LogP contribution is 2.74. The number of nitrogens with one attached hydrogen (secondary N) is 1. The molecule has 0 heterocycles. The van der Waals surface area contributed by atoms with Crippen molar-refractivity contribution >= 4 is 17.5 Å². The Labute approximate surface area is 221 Å². The van der Waals surface area contributed by atoms with Crippen molar-refractivity contribution in [2.75, 3.05) is 0 Å². The van der Waals surface area contributed by atoms with Crippen LogP contribution in [0.4, 0.5) is 0 Å². The summed E-state index contributed by atoms with van der Waals surface area (Å²) in [6, 6.07) is 2.17. The van der Waals surface area contributed by atoms with Crippen LogP contribution in [0.2, 0.25) is 0 Å². The zero-order chi connectivity index (χ0) is 27.4. The Balaban J connectivity index is 1.67. The Morgan fingerprint density at radius 2 is 1.68 bits per heavy atom. The highest BCUT2D eigenvalue weighted by atomic mass is 16.2. The molecule has 6 nitrogen and oxygen atoms in total. The van der Waals surface area contributed by atoms with Gasteiger partial charge in [0.1, 0.15) is 6.07 Å². The van der Waals surface area contributed by atoms with E-state index in [1.54, 1.807) is 0 Å². The molecular formula is C31H43N3O3. The van der Waals surface area contributed by atoms with E-state index in [9.17, 15) is 19.6 Å². The summed E-state index contributed by atoms with van der Waals surface area (Å²) in [5.74, 6) is 5.50. The van der Waals surface area contributed by atoms with Gasteiger partial charge in [0.2, 0.25) is 5.91 Å². The molecule has 0 aliphatic heterocycles. The van der Waals surface area contributed by atoms with E-state index in [2.05, 4.69) is 39.2 Å². The molecule has 6 heteroatoms. The van der Waals surface area contributed by atoms with Gasteiger partial charge in [-0.15, -0.1) is 0 Å². The van der Waals surface area contributed by atoms with E-state index in [0.29, 0.717) is 6.42 Å². The predicted molar refractivity (Wildman–Crippen MR) is 141 cm³/mol. The largest absolute Gasteiger partial charge is 0.295 e. The zero-order valence-electron chi connectivity index (χ0n) is 23.6. The maximum atomic E-state index is 14.3. The molecule has 3 fully saturated rings. The molecule has 0 aromatic rings. The van der Waals surface area contributed by atoms with Gasteiger partial charge in [0.15, 0.2) is 11.6 Å². The number of fused-ring (bicyclic) bond motifs is 7. The number of ketones is 2. The molecule has 1 amide bonds. The molecule has 0 saturated heterocycles. The third kappa shape index (κ3) is 3.10. The molecule has 5 aliphatic rings. The minimum absolute atomic E-state index is 0.0180. The Bertz CT molecular complexity index is 1210. The fourth-order valence-corrected chi connectivity index (χ4v) is 10.1. The number of amides is 1. The van der Waals surface area contributed by atoms with Crippen LogP contribution in [0.1, 0.15) is 93.4 Å². The van der Waals surface area contributed by atoms with E-state index in [4.69, 9.17) is 5.84 Å². The minimum Gasteiger partial charge on any atom is -0.295 e. The maximum absolute atomic E-state index is 14.3. The molecule has 200 valence electrons. The van der Waals surface area contributed by atoms with Crippen molar-refractivity contribution in [1.82, 2.24) is 5.43 Å². The van der Waals surface area contributed by atoms with Crippen molar-refractivity contribution < 1.29 is 14.4 Å². The molecule has 1 unspecified atom stereocenters. The molecule has 37 heavy (non-hydrogen) atoms. The number of nitrogens with two attached hydrogens (primary N) is 1. The lowest BCUT2D eigenvalue weighted by Crippen LogP contribution is -2.65. The number of carbonyl (C=O) groups excluding carboxylic acids is 3. The first-order valence-corrected chi connectivity index (χ1v) is 14.0. The lowest BCUT2D eigenvalue weighted by Gasteiger charge is -2.69. The van der Waals surface area contributed by atoms with Crippen molar-refractivity contribution in [3.8, 4) is 6.07 Å². The second kappa shape index (κ2) is 7.65. The first-order chi connectivity index (χ1) is 17.0. The minimum atomic E-state index is -0.663. The molecule has 3 saturated carbocycles. The van der Waals surface area contributed by atoms with E-state index in [0.717, 1.165) is 44.1 Å². The van der Waals surface area contributed by atoms with Gasteiger partial charge in [0.25, 0.3) is 0 Å². The third-order valence-corrected chi connectivity index (χ3v) is 12.7. The average molecular weight is 506 g/mol. The van der Waals surface area contributed by atoms with E-state index in [1.165, 1.54) is 0 Å². The van der Waals surface area contributed by atoms with E-state index in [1.807, 2.05) is 32.9 Å². The molecule has 0 spiro atoms. The van der Waals surface area contributed by atoms with E-state index >= 15 is 0 Å². The third-order valence-electron chi connectivity index (χ3n) is 12.7. The lowest BCUT2D eigenvalue weighted by molar-refractivity contribution is -0.172. The topological polar surface area (TPSA) is 113 Å². The zero-order valence-corrected chi connectivity index (χ0v) is 23.6. The molecule has 5 aliphatic carbocycles. The normalized spacial score (nSPS) is 48.2. The van der Waals surface area contributed by atoms with Gasteiger partial charge in [-0.25, -0.2) is 5.84 Å². The van der Waals surface area contributed by atoms with Gasteiger partial charge in [-0.3, -0.25) is 19.8 Å². The summed E-state index contributed by atoms with van der Waals surface area (Å²) in [5, 5.41) is 9.85. The van der Waals surface area contributed by atoms with Crippen LogP contribution in [0.15, 0.2) is 23.3 Å². The second-order valence-electron chi connectivity index (χ2n) is 14.8. The smallest absolute Gasteiger partial charge is 0.239 e. The molecule has 0 radical (unpaired) electrons. The van der Waals surface area contributed by atoms with Crippen molar-refractivity contribution in [1.29, 1.82) is 5.26 Å². The molecule has 0 aromatic heterocycles. The van der Waals surface area contributed by atoms with E-state index < -0.39 is 16.2 Å². The molecule has 3 N–H and O–H groups in total. The van der Waals surface area contributed by atoms with Crippen molar-refractivity contribution in [3.63, 3.8) is 0 Å². The summed E-state index contributed by atoms with van der Waals surface area (Å²) in [6.07, 6.45) is 9.95. The summed E-state index contributed by atoms with van der Waals surface area (Å²) in [6.45, 7) is 15.1. The second-order valence-corrected chi connectivity index (χ2v) is 14.8. The standard InChI is InChI=1S/C31H43N3O3/c1-26(2)21-8-9-30(6)22(29(21,5)15-18(17-32)24(26)36)14-20(35)23-19-16-28(4,25(37)34-33)11-10-27(19,3)12-13-31(23,30)7/h14-15,19,21,23H,8-13,16,33H2,1-7H3,(H,34,37)/t19?,21-,23-,27+,28-,29-,30+,31+/m0/s1. The summed E-state index contributed by atoms with van der Waals surface area (Å²) >= 11 is 0. The summed E-state index contributed by atoms with van der Waals surface area (Å²) in [4.78, 5) is 40.3. The van der Waals surface area contributed by atoms with E-state index in [-0.39, 0.29) is 57.0 Å². The van der Waals surface area contributed by atoms with Crippen molar-refractivity contribution in [2.45, 2.75) is 93.4 Å². The summed E-state index contributed by atoms with van der Waals surface area (Å²) in [5.41, 5.74) is 1.46. The molecule has 8 atom stereocenters. The molecule has 5 rings (SSSR count). The monoisotopic (exact) mass is 505 g/mol. The number of hydrogen-bond acceptors (Lipinski definition) is 5. The Morgan fingerprint density at radius 3 is 2.30 bits per heavy atom. The van der Waals surface area contributed by atoms with Crippen LogP contribution in [-0.2, 0) is 14.4 Å². The number of rotatable bonds is 1. The molecule has 0 aromatic carbocycles. The van der Waals surface area contributed by atoms with Crippen molar-refractivity contribution in [3.05, 3.63) is 23.3 Å². The van der Waals surface area contributed by atoms with Gasteiger partial charge in [-0.2, -0.15) is 5.26 Å². The first-order valence-electron chi connectivity index (χ1n) is 14.0. The average Bonchev–Trinajstić information content (AvgIpc) is 2.83. The SMILES string of the molecule is CC1(C)C(=O)C(C#N)=C[C@]2(C)C3=CC(=O)[C@@H]4C5C[C@@](C)(C(=O)NN)CC[C@]5(C)CC[C@@]4(C)[C@]3(C)CC[C@@H]12. The van der Waals surface area contributed by atoms with Crippen LogP contribution in [0.3, 0.4) is 0 Å². The molecule has 0 bridgehead atoms. The number of hydrazine groups is 1. The van der Waals surface area contributed by atoms with Crippen LogP contribution >= 0.6 is 0 Å². The number of allylic oxidation sites excluding steroid dienone is 4. The number of nitrogens with zero attached hydrogens (tertiary/aromatic N) is 1. The highest BCUT2D eigenvalue weighted by Gasteiger charge is 2.69. The Hall–Kier alpha value is -2.26. The van der Waals surface area contributed by atoms with Gasteiger partial charge < -0.3 is 0 Å². The van der Waals surface area contributed by atoms with Crippen LogP contribution in [0.25, 0.3) is 0 Å². The molecular weight excluding hydrogens is 462 g/mol. The highest BCUT2D eigenvalue weighted by molar-refractivity contribution is 6.04. The number of hydrogen-bond donors (Lipinski definition) is 2. The summed E-state index contributed by atoms with van der Waals surface area (Å²) < 4.78 is 0. The van der Waals surface area contributed by atoms with Gasteiger partial charge in [-0.05, 0) is 79.1 Å². The Morgan fingerprint density at radius 1 is 1.03 bits per heavy atom. The van der Waals surface area contributed by atoms with Crippen LogP contribution in [-0.4, -0.2) is 17.5 Å². The lowest BCUT2D eigenvalue weighted by atomic mass is 9.34. The van der Waals surface area contributed by atoms with Crippen molar-refractivity contribution in [2.24, 2.45) is 56.1 Å². The Kier molecular flexibility index (Phi) is 5.45. The van der Waals surface area contributed by atoms with Gasteiger partial charge in [0, 0.05) is 22.2 Å². The quantitative estimate of drug-likeness (QED) is 0.289. The number of carbonyl (C=O) groups is 3. The van der Waals surface area contributed by atoms with Crippen LogP contribution in [0.5, 0.6) is 0 Å². The number of Topliss-reactive ketones (excluding diaryl/α,β-unsaturated/α-hetero) is 1. The fourth-order valence-electron chi connectivity index (χ4n) is 10.1. The predicted octanol–water partition coefficient (Wildman–Crippen LogP) is 5.20.